The average Bonchev–Trinajstić information content (AvgIpc) is 2.41. The molecule has 0 atom stereocenters. The van der Waals surface area contributed by atoms with Gasteiger partial charge in [0, 0.05) is 0 Å². The summed E-state index contributed by atoms with van der Waals surface area (Å²) < 4.78 is 1.20. The summed E-state index contributed by atoms with van der Waals surface area (Å²) in [6.07, 6.45) is 0. The molecule has 0 aliphatic rings. The zero-order valence-electron chi connectivity index (χ0n) is 10.9. The largest absolute Gasteiger partial charge is 0.477 e. The predicted octanol–water partition coefficient (Wildman–Crippen LogP) is 1.80. The quantitative estimate of drug-likeness (QED) is 0.920. The molecule has 0 aliphatic carbocycles. The van der Waals surface area contributed by atoms with Gasteiger partial charge >= 0.3 is 5.97 Å². The van der Waals surface area contributed by atoms with Gasteiger partial charge in [-0.1, -0.05) is 30.3 Å². The van der Waals surface area contributed by atoms with Crippen LogP contribution < -0.4 is 5.56 Å². The number of benzene rings is 1. The minimum Gasteiger partial charge on any atom is -0.477 e. The summed E-state index contributed by atoms with van der Waals surface area (Å²) >= 11 is 0. The first-order valence-corrected chi connectivity index (χ1v) is 6.02. The molecule has 5 nitrogen and oxygen atoms in total. The van der Waals surface area contributed by atoms with E-state index in [0.29, 0.717) is 5.69 Å². The molecule has 0 aliphatic heterocycles. The molecule has 0 saturated carbocycles. The Morgan fingerprint density at radius 2 is 1.75 bits per heavy atom. The number of aromatic nitrogens is 1. The van der Waals surface area contributed by atoms with Crippen LogP contribution in [-0.2, 0) is 11.3 Å². The van der Waals surface area contributed by atoms with Crippen molar-refractivity contribution in [1.82, 2.24) is 4.57 Å². The number of ketones is 1. The zero-order valence-corrected chi connectivity index (χ0v) is 10.9. The molecular weight excluding hydrogens is 258 g/mol. The summed E-state index contributed by atoms with van der Waals surface area (Å²) in [4.78, 5) is 34.5. The van der Waals surface area contributed by atoms with Crippen molar-refractivity contribution in [1.29, 1.82) is 0 Å². The van der Waals surface area contributed by atoms with Gasteiger partial charge in [0.1, 0.15) is 11.3 Å². The lowest BCUT2D eigenvalue weighted by Crippen LogP contribution is -2.29. The van der Waals surface area contributed by atoms with Crippen molar-refractivity contribution >= 4 is 11.8 Å². The van der Waals surface area contributed by atoms with Gasteiger partial charge in [-0.25, -0.2) is 4.79 Å². The molecule has 0 spiro atoms. The molecule has 0 radical (unpaired) electrons. The van der Waals surface area contributed by atoms with E-state index in [1.54, 1.807) is 18.2 Å². The summed E-state index contributed by atoms with van der Waals surface area (Å²) in [6.45, 7) is 1.21. The summed E-state index contributed by atoms with van der Waals surface area (Å²) in [7, 11) is 0. The average molecular weight is 271 g/mol. The molecule has 5 heteroatoms. The number of hydrogen-bond donors (Lipinski definition) is 1. The Morgan fingerprint density at radius 3 is 2.30 bits per heavy atom. The number of carboxylic acid groups (broad SMARTS) is 1. The van der Waals surface area contributed by atoms with E-state index in [1.165, 1.54) is 17.6 Å². The lowest BCUT2D eigenvalue weighted by molar-refractivity contribution is -0.117. The van der Waals surface area contributed by atoms with Crippen LogP contribution >= 0.6 is 0 Å². The minimum atomic E-state index is -1.30. The second-order valence-corrected chi connectivity index (χ2v) is 4.40. The van der Waals surface area contributed by atoms with Crippen LogP contribution in [0.3, 0.4) is 0 Å². The summed E-state index contributed by atoms with van der Waals surface area (Å²) in [5.74, 6) is -1.52. The maximum atomic E-state index is 12.2. The van der Waals surface area contributed by atoms with Gasteiger partial charge in [-0.2, -0.15) is 0 Å². The second kappa shape index (κ2) is 5.52. The Labute approximate surface area is 115 Å². The first kappa shape index (κ1) is 13.7. The number of carbonyl (C=O) groups excluding carboxylic acids is 1. The molecular formula is C15H13NO4. The third-order valence-electron chi connectivity index (χ3n) is 2.85. The second-order valence-electron chi connectivity index (χ2n) is 4.40. The highest BCUT2D eigenvalue weighted by molar-refractivity contribution is 5.88. The molecule has 0 amide bonds. The number of carbonyl (C=O) groups is 2. The molecule has 2 aromatic rings. The Morgan fingerprint density at radius 1 is 1.10 bits per heavy atom. The standard InChI is InChI=1S/C15H13NO4/c1-10(17)9-16-13(11-5-3-2-4-6-11)8-7-12(14(16)18)15(19)20/h2-8H,9H2,1H3,(H,19,20). The highest BCUT2D eigenvalue weighted by Crippen LogP contribution is 2.18. The number of Topliss-reactive ketones (excluding diaryl/α,β-unsaturated/α-hetero) is 1. The third kappa shape index (κ3) is 2.66. The SMILES string of the molecule is CC(=O)Cn1c(-c2ccccc2)ccc(C(=O)O)c1=O. The number of aromatic carboxylic acids is 1. The molecule has 0 bridgehead atoms. The van der Waals surface area contributed by atoms with Crippen LogP contribution in [0.25, 0.3) is 11.3 Å². The number of rotatable bonds is 4. The molecule has 1 aromatic heterocycles. The van der Waals surface area contributed by atoms with E-state index in [4.69, 9.17) is 5.11 Å². The van der Waals surface area contributed by atoms with E-state index in [0.717, 1.165) is 5.56 Å². The number of carboxylic acids is 1. The maximum Gasteiger partial charge on any atom is 0.341 e. The fourth-order valence-electron chi connectivity index (χ4n) is 1.98. The number of hydrogen-bond acceptors (Lipinski definition) is 3. The van der Waals surface area contributed by atoms with Crippen LogP contribution in [0.5, 0.6) is 0 Å². The fourth-order valence-corrected chi connectivity index (χ4v) is 1.98. The Kier molecular flexibility index (Phi) is 3.79. The van der Waals surface area contributed by atoms with Crippen LogP contribution in [0.15, 0.2) is 47.3 Å². The van der Waals surface area contributed by atoms with Crippen molar-refractivity contribution in [3.63, 3.8) is 0 Å². The van der Waals surface area contributed by atoms with E-state index < -0.39 is 11.5 Å². The molecule has 20 heavy (non-hydrogen) atoms. The van der Waals surface area contributed by atoms with Gasteiger partial charge in [0.15, 0.2) is 0 Å². The van der Waals surface area contributed by atoms with Crippen LogP contribution in [0.1, 0.15) is 17.3 Å². The van der Waals surface area contributed by atoms with E-state index in [1.807, 2.05) is 18.2 Å². The van der Waals surface area contributed by atoms with Crippen LogP contribution in [0, 0.1) is 0 Å². The normalized spacial score (nSPS) is 10.2. The molecule has 0 fully saturated rings. The van der Waals surface area contributed by atoms with Crippen molar-refractivity contribution in [3.05, 3.63) is 58.4 Å². The highest BCUT2D eigenvalue weighted by Gasteiger charge is 2.15. The van der Waals surface area contributed by atoms with Crippen LogP contribution in [-0.4, -0.2) is 21.4 Å². The first-order chi connectivity index (χ1) is 9.50. The Bertz CT molecular complexity index is 716. The highest BCUT2D eigenvalue weighted by atomic mass is 16.4. The maximum absolute atomic E-state index is 12.2. The third-order valence-corrected chi connectivity index (χ3v) is 2.85. The van der Waals surface area contributed by atoms with Crippen molar-refractivity contribution in [2.75, 3.05) is 0 Å². The summed E-state index contributed by atoms with van der Waals surface area (Å²) in [6, 6.07) is 11.9. The summed E-state index contributed by atoms with van der Waals surface area (Å²) in [5.41, 5.74) is 0.263. The monoisotopic (exact) mass is 271 g/mol. The lowest BCUT2D eigenvalue weighted by atomic mass is 10.1. The van der Waals surface area contributed by atoms with E-state index in [9.17, 15) is 14.4 Å². The predicted molar refractivity (Wildman–Crippen MR) is 73.8 cm³/mol. The van der Waals surface area contributed by atoms with Crippen molar-refractivity contribution in [2.24, 2.45) is 0 Å². The molecule has 1 aromatic carbocycles. The first-order valence-electron chi connectivity index (χ1n) is 6.02. The Balaban J connectivity index is 2.69. The smallest absolute Gasteiger partial charge is 0.341 e. The van der Waals surface area contributed by atoms with Gasteiger partial charge < -0.3 is 9.67 Å². The van der Waals surface area contributed by atoms with Crippen molar-refractivity contribution in [3.8, 4) is 11.3 Å². The van der Waals surface area contributed by atoms with Gasteiger partial charge in [-0.3, -0.25) is 9.59 Å². The van der Waals surface area contributed by atoms with E-state index >= 15 is 0 Å². The van der Waals surface area contributed by atoms with Gasteiger partial charge in [0.05, 0.1) is 12.2 Å². The van der Waals surface area contributed by atoms with Crippen molar-refractivity contribution in [2.45, 2.75) is 13.5 Å². The van der Waals surface area contributed by atoms with Crippen LogP contribution in [0.4, 0.5) is 0 Å². The number of pyridine rings is 1. The van der Waals surface area contributed by atoms with E-state index in [-0.39, 0.29) is 17.9 Å². The van der Waals surface area contributed by atoms with Crippen molar-refractivity contribution < 1.29 is 14.7 Å². The van der Waals surface area contributed by atoms with Gasteiger partial charge in [-0.05, 0) is 24.6 Å². The minimum absolute atomic E-state index is 0.149. The van der Waals surface area contributed by atoms with Crippen LogP contribution in [0.2, 0.25) is 0 Å². The Hall–Kier alpha value is -2.69. The zero-order chi connectivity index (χ0) is 14.7. The molecule has 102 valence electrons. The van der Waals surface area contributed by atoms with Gasteiger partial charge in [-0.15, -0.1) is 0 Å². The van der Waals surface area contributed by atoms with Gasteiger partial charge in [0.2, 0.25) is 0 Å². The molecule has 1 heterocycles. The number of nitrogens with zero attached hydrogens (tertiary/aromatic N) is 1. The molecule has 1 N–H and O–H groups in total. The topological polar surface area (TPSA) is 76.4 Å². The van der Waals surface area contributed by atoms with E-state index in [2.05, 4.69) is 0 Å². The fraction of sp³-hybridized carbons (Fsp3) is 0.133. The molecule has 2 rings (SSSR count). The summed E-state index contributed by atoms with van der Waals surface area (Å²) in [5, 5.41) is 8.99. The molecule has 0 saturated heterocycles. The molecule has 0 unspecified atom stereocenters. The van der Waals surface area contributed by atoms with Gasteiger partial charge in [0.25, 0.3) is 5.56 Å². The lowest BCUT2D eigenvalue weighted by Gasteiger charge is -2.12.